The third kappa shape index (κ3) is 3.86. The summed E-state index contributed by atoms with van der Waals surface area (Å²) < 4.78 is 38.9. The second-order valence-corrected chi connectivity index (χ2v) is 7.66. The van der Waals surface area contributed by atoms with Crippen molar-refractivity contribution in [1.82, 2.24) is 10.0 Å². The fourth-order valence-electron chi connectivity index (χ4n) is 2.47. The standard InChI is InChI=1S/C13H17BrN2O4S.ClH/c14-10-6-11-12(20-5-4-19-11)7-13(10)21(17,18)16-8-9-2-1-3-15-9;/h6-7,9,15-16H,1-5,8H2;1H. The number of hydrogen-bond donors (Lipinski definition) is 2. The van der Waals surface area contributed by atoms with Crippen molar-refractivity contribution in [3.63, 3.8) is 0 Å². The van der Waals surface area contributed by atoms with Crippen LogP contribution in [0.5, 0.6) is 11.5 Å². The summed E-state index contributed by atoms with van der Waals surface area (Å²) in [4.78, 5) is 0.171. The third-order valence-corrected chi connectivity index (χ3v) is 5.95. The molecule has 1 aromatic rings. The van der Waals surface area contributed by atoms with Crippen LogP contribution in [0.4, 0.5) is 0 Å². The maximum Gasteiger partial charge on any atom is 0.241 e. The molecule has 2 heterocycles. The van der Waals surface area contributed by atoms with E-state index in [4.69, 9.17) is 9.47 Å². The maximum absolute atomic E-state index is 12.4. The number of benzene rings is 1. The molecule has 2 aliphatic heterocycles. The van der Waals surface area contributed by atoms with E-state index in [1.165, 1.54) is 6.07 Å². The van der Waals surface area contributed by atoms with Gasteiger partial charge in [-0.25, -0.2) is 13.1 Å². The van der Waals surface area contributed by atoms with Crippen molar-refractivity contribution in [2.75, 3.05) is 26.3 Å². The monoisotopic (exact) mass is 412 g/mol. The molecule has 0 amide bonds. The van der Waals surface area contributed by atoms with E-state index in [1.54, 1.807) is 6.07 Å². The SMILES string of the molecule is Cl.O=S(=O)(NCC1CCCN1)c1cc2c(cc1Br)OCCO2. The molecule has 2 aliphatic rings. The summed E-state index contributed by atoms with van der Waals surface area (Å²) in [5.74, 6) is 1.02. The van der Waals surface area contributed by atoms with Crippen LogP contribution in [0.25, 0.3) is 0 Å². The molecule has 124 valence electrons. The smallest absolute Gasteiger partial charge is 0.241 e. The van der Waals surface area contributed by atoms with Gasteiger partial charge in [-0.2, -0.15) is 0 Å². The van der Waals surface area contributed by atoms with Gasteiger partial charge >= 0.3 is 0 Å². The molecule has 6 nitrogen and oxygen atoms in total. The van der Waals surface area contributed by atoms with Gasteiger partial charge in [0, 0.05) is 23.1 Å². The zero-order valence-corrected chi connectivity index (χ0v) is 15.0. The average molecular weight is 414 g/mol. The first-order valence-electron chi connectivity index (χ1n) is 6.88. The predicted molar refractivity (Wildman–Crippen MR) is 88.6 cm³/mol. The first kappa shape index (κ1) is 17.8. The van der Waals surface area contributed by atoms with Gasteiger partial charge in [0.15, 0.2) is 11.5 Å². The lowest BCUT2D eigenvalue weighted by atomic mass is 10.2. The highest BCUT2D eigenvalue weighted by Gasteiger charge is 2.24. The van der Waals surface area contributed by atoms with Gasteiger partial charge in [0.1, 0.15) is 18.1 Å². The number of nitrogens with one attached hydrogen (secondary N) is 2. The fraction of sp³-hybridized carbons (Fsp3) is 0.538. The van der Waals surface area contributed by atoms with Crippen LogP contribution in [0, 0.1) is 0 Å². The van der Waals surface area contributed by atoms with E-state index in [9.17, 15) is 8.42 Å². The molecule has 0 spiro atoms. The Hall–Kier alpha value is -0.540. The van der Waals surface area contributed by atoms with Gasteiger partial charge in [-0.15, -0.1) is 12.4 Å². The van der Waals surface area contributed by atoms with Crippen LogP contribution in [0.1, 0.15) is 12.8 Å². The molecule has 9 heteroatoms. The van der Waals surface area contributed by atoms with Crippen LogP contribution in [-0.4, -0.2) is 40.8 Å². The molecule has 1 saturated heterocycles. The molecule has 1 atom stereocenters. The molecule has 0 aromatic heterocycles. The number of rotatable bonds is 4. The molecule has 1 fully saturated rings. The fourth-order valence-corrected chi connectivity index (χ4v) is 4.59. The molecule has 0 saturated carbocycles. The summed E-state index contributed by atoms with van der Waals surface area (Å²) in [5, 5.41) is 3.26. The Labute approximate surface area is 144 Å². The largest absolute Gasteiger partial charge is 0.486 e. The number of fused-ring (bicyclic) bond motifs is 1. The van der Waals surface area contributed by atoms with Gasteiger partial charge in [0.25, 0.3) is 0 Å². The van der Waals surface area contributed by atoms with Crippen molar-refractivity contribution in [3.05, 3.63) is 16.6 Å². The van der Waals surface area contributed by atoms with Gasteiger partial charge in [-0.05, 0) is 41.4 Å². The van der Waals surface area contributed by atoms with Gasteiger partial charge in [0.2, 0.25) is 10.0 Å². The molecule has 2 N–H and O–H groups in total. The van der Waals surface area contributed by atoms with E-state index in [0.717, 1.165) is 19.4 Å². The van der Waals surface area contributed by atoms with E-state index in [2.05, 4.69) is 26.0 Å². The lowest BCUT2D eigenvalue weighted by Gasteiger charge is -2.20. The van der Waals surface area contributed by atoms with Gasteiger partial charge in [-0.3, -0.25) is 0 Å². The zero-order chi connectivity index (χ0) is 14.9. The number of ether oxygens (including phenoxy) is 2. The van der Waals surface area contributed by atoms with E-state index < -0.39 is 10.0 Å². The molecule has 22 heavy (non-hydrogen) atoms. The molecule has 1 unspecified atom stereocenters. The quantitative estimate of drug-likeness (QED) is 0.785. The van der Waals surface area contributed by atoms with Gasteiger partial charge in [0.05, 0.1) is 0 Å². The van der Waals surface area contributed by atoms with Crippen molar-refractivity contribution >= 4 is 38.4 Å². The first-order chi connectivity index (χ1) is 10.1. The van der Waals surface area contributed by atoms with Crippen molar-refractivity contribution in [1.29, 1.82) is 0 Å². The summed E-state index contributed by atoms with van der Waals surface area (Å²) in [5.41, 5.74) is 0. The summed E-state index contributed by atoms with van der Waals surface area (Å²) in [7, 11) is -3.58. The minimum Gasteiger partial charge on any atom is -0.486 e. The molecule has 0 radical (unpaired) electrons. The van der Waals surface area contributed by atoms with Gasteiger partial charge in [-0.1, -0.05) is 0 Å². The van der Waals surface area contributed by atoms with Crippen LogP contribution < -0.4 is 19.5 Å². The molecular formula is C13H18BrClN2O4S. The van der Waals surface area contributed by atoms with Crippen LogP contribution >= 0.6 is 28.3 Å². The number of halogens is 2. The van der Waals surface area contributed by atoms with Crippen LogP contribution in [0.3, 0.4) is 0 Å². The van der Waals surface area contributed by atoms with Crippen molar-refractivity contribution in [2.24, 2.45) is 0 Å². The van der Waals surface area contributed by atoms with E-state index in [0.29, 0.717) is 35.7 Å². The normalized spacial score (nSPS) is 20.5. The molecule has 1 aromatic carbocycles. The summed E-state index contributed by atoms with van der Waals surface area (Å²) >= 11 is 3.29. The van der Waals surface area contributed by atoms with Crippen LogP contribution in [0.15, 0.2) is 21.5 Å². The van der Waals surface area contributed by atoms with E-state index in [1.807, 2.05) is 0 Å². The summed E-state index contributed by atoms with van der Waals surface area (Å²) in [6, 6.07) is 3.34. The number of hydrogen-bond acceptors (Lipinski definition) is 5. The zero-order valence-electron chi connectivity index (χ0n) is 11.8. The van der Waals surface area contributed by atoms with E-state index in [-0.39, 0.29) is 23.3 Å². The Morgan fingerprint density at radius 1 is 1.27 bits per heavy atom. The minimum absolute atomic E-state index is 0. The van der Waals surface area contributed by atoms with Crippen LogP contribution in [-0.2, 0) is 10.0 Å². The summed E-state index contributed by atoms with van der Waals surface area (Å²) in [6.45, 7) is 2.23. The van der Waals surface area contributed by atoms with Gasteiger partial charge < -0.3 is 14.8 Å². The molecule has 3 rings (SSSR count). The Morgan fingerprint density at radius 3 is 2.59 bits per heavy atom. The second-order valence-electron chi connectivity index (χ2n) is 5.07. The van der Waals surface area contributed by atoms with Crippen molar-refractivity contribution in [3.8, 4) is 11.5 Å². The highest BCUT2D eigenvalue weighted by Crippen LogP contribution is 2.37. The first-order valence-corrected chi connectivity index (χ1v) is 9.16. The molecule has 0 aliphatic carbocycles. The minimum atomic E-state index is -3.58. The van der Waals surface area contributed by atoms with E-state index >= 15 is 0 Å². The van der Waals surface area contributed by atoms with Crippen molar-refractivity contribution in [2.45, 2.75) is 23.8 Å². The van der Waals surface area contributed by atoms with Crippen molar-refractivity contribution < 1.29 is 17.9 Å². The Kier molecular flexibility index (Phi) is 5.95. The number of sulfonamides is 1. The Morgan fingerprint density at radius 2 is 1.95 bits per heavy atom. The average Bonchev–Trinajstić information content (AvgIpc) is 2.98. The lowest BCUT2D eigenvalue weighted by Crippen LogP contribution is -2.37. The highest BCUT2D eigenvalue weighted by atomic mass is 79.9. The third-order valence-electron chi connectivity index (χ3n) is 3.57. The topological polar surface area (TPSA) is 76.7 Å². The second kappa shape index (κ2) is 7.35. The summed E-state index contributed by atoms with van der Waals surface area (Å²) in [6.07, 6.45) is 2.07. The van der Waals surface area contributed by atoms with Crippen LogP contribution in [0.2, 0.25) is 0 Å². The highest BCUT2D eigenvalue weighted by molar-refractivity contribution is 9.10. The predicted octanol–water partition coefficient (Wildman–Crippen LogP) is 1.67. The Bertz CT molecular complexity index is 635. The lowest BCUT2D eigenvalue weighted by molar-refractivity contribution is 0.171. The molecular weight excluding hydrogens is 396 g/mol. The maximum atomic E-state index is 12.4. The molecule has 0 bridgehead atoms. The Balaban J connectivity index is 0.00000176.